The summed E-state index contributed by atoms with van der Waals surface area (Å²) in [7, 11) is 0. The molecule has 0 aromatic heterocycles. The van der Waals surface area contributed by atoms with Crippen molar-refractivity contribution < 1.29 is 14.2 Å². The predicted molar refractivity (Wildman–Crippen MR) is 73.9 cm³/mol. The third-order valence-electron chi connectivity index (χ3n) is 3.23. The van der Waals surface area contributed by atoms with Crippen LogP contribution in [0.3, 0.4) is 0 Å². The highest BCUT2D eigenvalue weighted by Crippen LogP contribution is 2.12. The molecule has 1 aliphatic heterocycles. The van der Waals surface area contributed by atoms with Gasteiger partial charge in [0.2, 0.25) is 0 Å². The maximum atomic E-state index is 8.37. The summed E-state index contributed by atoms with van der Waals surface area (Å²) in [5.41, 5.74) is 0. The Balaban J connectivity index is 1.68. The first kappa shape index (κ1) is 16.4. The fourth-order valence-electron chi connectivity index (χ4n) is 2.09. The molecule has 0 spiro atoms. The summed E-state index contributed by atoms with van der Waals surface area (Å²) < 4.78 is 16.6. The van der Waals surface area contributed by atoms with E-state index in [0.717, 1.165) is 71.6 Å². The SMILES string of the molecule is N#CCCCCOCCCCCOCC1CCCO1. The van der Waals surface area contributed by atoms with Gasteiger partial charge in [-0.05, 0) is 44.9 Å². The lowest BCUT2D eigenvalue weighted by molar-refractivity contribution is 0.0156. The first-order valence-corrected chi connectivity index (χ1v) is 7.57. The summed E-state index contributed by atoms with van der Waals surface area (Å²) in [6, 6.07) is 2.14. The molecule has 1 atom stereocenters. The van der Waals surface area contributed by atoms with Gasteiger partial charge in [0.15, 0.2) is 0 Å². The van der Waals surface area contributed by atoms with Crippen molar-refractivity contribution in [1.82, 2.24) is 0 Å². The van der Waals surface area contributed by atoms with Crippen LogP contribution in [0.4, 0.5) is 0 Å². The Morgan fingerprint density at radius 3 is 2.42 bits per heavy atom. The van der Waals surface area contributed by atoms with Crippen molar-refractivity contribution in [3.8, 4) is 6.07 Å². The number of nitriles is 1. The zero-order valence-corrected chi connectivity index (χ0v) is 11.9. The lowest BCUT2D eigenvalue weighted by atomic mass is 10.2. The molecule has 1 rings (SSSR count). The fourth-order valence-corrected chi connectivity index (χ4v) is 2.09. The van der Waals surface area contributed by atoms with Crippen molar-refractivity contribution in [2.75, 3.05) is 33.0 Å². The minimum absolute atomic E-state index is 0.344. The Hall–Kier alpha value is -0.630. The topological polar surface area (TPSA) is 51.5 Å². The third kappa shape index (κ3) is 9.89. The zero-order chi connectivity index (χ0) is 13.6. The molecule has 4 nitrogen and oxygen atoms in total. The van der Waals surface area contributed by atoms with Crippen LogP contribution in [0.25, 0.3) is 0 Å². The van der Waals surface area contributed by atoms with Gasteiger partial charge in [-0.3, -0.25) is 0 Å². The van der Waals surface area contributed by atoms with E-state index in [-0.39, 0.29) is 0 Å². The average Bonchev–Trinajstić information content (AvgIpc) is 2.93. The molecule has 19 heavy (non-hydrogen) atoms. The second-order valence-corrected chi connectivity index (χ2v) is 5.00. The van der Waals surface area contributed by atoms with E-state index in [1.165, 1.54) is 6.42 Å². The van der Waals surface area contributed by atoms with E-state index < -0.39 is 0 Å². The maximum Gasteiger partial charge on any atom is 0.0809 e. The Morgan fingerprint density at radius 2 is 1.74 bits per heavy atom. The number of hydrogen-bond acceptors (Lipinski definition) is 4. The minimum Gasteiger partial charge on any atom is -0.381 e. The van der Waals surface area contributed by atoms with Crippen molar-refractivity contribution >= 4 is 0 Å². The number of nitrogens with zero attached hydrogens (tertiary/aromatic N) is 1. The minimum atomic E-state index is 0.344. The van der Waals surface area contributed by atoms with Crippen LogP contribution < -0.4 is 0 Å². The Kier molecular flexibility index (Phi) is 10.7. The van der Waals surface area contributed by atoms with Crippen LogP contribution in [-0.4, -0.2) is 39.1 Å². The lowest BCUT2D eigenvalue weighted by Crippen LogP contribution is -2.14. The van der Waals surface area contributed by atoms with Crippen molar-refractivity contribution in [2.45, 2.75) is 57.5 Å². The molecular formula is C15H27NO3. The summed E-state index contributed by atoms with van der Waals surface area (Å²) in [5.74, 6) is 0. The van der Waals surface area contributed by atoms with Crippen LogP contribution in [0.15, 0.2) is 0 Å². The van der Waals surface area contributed by atoms with E-state index in [4.69, 9.17) is 19.5 Å². The third-order valence-corrected chi connectivity index (χ3v) is 3.23. The van der Waals surface area contributed by atoms with E-state index in [1.54, 1.807) is 0 Å². The molecule has 0 saturated carbocycles. The van der Waals surface area contributed by atoms with Crippen LogP contribution in [0, 0.1) is 11.3 Å². The molecule has 0 N–H and O–H groups in total. The second-order valence-electron chi connectivity index (χ2n) is 5.00. The first-order chi connectivity index (χ1) is 9.43. The lowest BCUT2D eigenvalue weighted by Gasteiger charge is -2.09. The van der Waals surface area contributed by atoms with Crippen LogP contribution in [-0.2, 0) is 14.2 Å². The molecule has 0 aliphatic carbocycles. The van der Waals surface area contributed by atoms with E-state index in [0.29, 0.717) is 12.5 Å². The molecular weight excluding hydrogens is 242 g/mol. The van der Waals surface area contributed by atoms with Crippen molar-refractivity contribution in [2.24, 2.45) is 0 Å². The number of hydrogen-bond donors (Lipinski definition) is 0. The maximum absolute atomic E-state index is 8.37. The van der Waals surface area contributed by atoms with Gasteiger partial charge < -0.3 is 14.2 Å². The van der Waals surface area contributed by atoms with Crippen molar-refractivity contribution in [1.29, 1.82) is 5.26 Å². The van der Waals surface area contributed by atoms with Gasteiger partial charge in [-0.2, -0.15) is 5.26 Å². The van der Waals surface area contributed by atoms with Crippen LogP contribution in [0.5, 0.6) is 0 Å². The number of rotatable bonds is 12. The highest BCUT2D eigenvalue weighted by Gasteiger charge is 2.14. The van der Waals surface area contributed by atoms with Crippen molar-refractivity contribution in [3.05, 3.63) is 0 Å². The molecule has 110 valence electrons. The van der Waals surface area contributed by atoms with E-state index in [9.17, 15) is 0 Å². The van der Waals surface area contributed by atoms with Crippen LogP contribution in [0.2, 0.25) is 0 Å². The molecule has 1 saturated heterocycles. The fraction of sp³-hybridized carbons (Fsp3) is 0.933. The quantitative estimate of drug-likeness (QED) is 0.511. The summed E-state index contributed by atoms with van der Waals surface area (Å²) in [5, 5.41) is 8.37. The highest BCUT2D eigenvalue weighted by molar-refractivity contribution is 4.67. The monoisotopic (exact) mass is 269 g/mol. The van der Waals surface area contributed by atoms with Gasteiger partial charge in [-0.15, -0.1) is 0 Å². The van der Waals surface area contributed by atoms with Crippen molar-refractivity contribution in [3.63, 3.8) is 0 Å². The van der Waals surface area contributed by atoms with Gasteiger partial charge in [0, 0.05) is 32.8 Å². The predicted octanol–water partition coefficient (Wildman–Crippen LogP) is 3.06. The molecule has 0 aromatic carbocycles. The van der Waals surface area contributed by atoms with Gasteiger partial charge in [0.05, 0.1) is 18.8 Å². The van der Waals surface area contributed by atoms with Gasteiger partial charge in [0.25, 0.3) is 0 Å². The number of unbranched alkanes of at least 4 members (excludes halogenated alkanes) is 4. The Morgan fingerprint density at radius 1 is 1.00 bits per heavy atom. The largest absolute Gasteiger partial charge is 0.381 e. The zero-order valence-electron chi connectivity index (χ0n) is 11.9. The molecule has 0 amide bonds. The second kappa shape index (κ2) is 12.4. The number of ether oxygens (including phenoxy) is 3. The van der Waals surface area contributed by atoms with E-state index in [2.05, 4.69) is 6.07 Å². The smallest absolute Gasteiger partial charge is 0.0809 e. The van der Waals surface area contributed by atoms with Gasteiger partial charge in [-0.1, -0.05) is 0 Å². The summed E-state index contributed by atoms with van der Waals surface area (Å²) >= 11 is 0. The summed E-state index contributed by atoms with van der Waals surface area (Å²) in [6.45, 7) is 4.12. The molecule has 0 radical (unpaired) electrons. The normalized spacial score (nSPS) is 18.6. The first-order valence-electron chi connectivity index (χ1n) is 7.57. The van der Waals surface area contributed by atoms with E-state index in [1.807, 2.05) is 0 Å². The van der Waals surface area contributed by atoms with Crippen LogP contribution in [0.1, 0.15) is 51.4 Å². The molecule has 0 bridgehead atoms. The molecule has 1 aliphatic rings. The highest BCUT2D eigenvalue weighted by atomic mass is 16.5. The van der Waals surface area contributed by atoms with Gasteiger partial charge in [0.1, 0.15) is 0 Å². The Labute approximate surface area is 117 Å². The molecule has 4 heteroatoms. The molecule has 1 unspecified atom stereocenters. The van der Waals surface area contributed by atoms with Gasteiger partial charge in [-0.25, -0.2) is 0 Å². The molecule has 0 aromatic rings. The summed E-state index contributed by atoms with van der Waals surface area (Å²) in [4.78, 5) is 0. The van der Waals surface area contributed by atoms with E-state index >= 15 is 0 Å². The average molecular weight is 269 g/mol. The molecule has 1 heterocycles. The Bertz CT molecular complexity index is 234. The molecule has 1 fully saturated rings. The standard InChI is InChI=1S/C15H27NO3/c16-9-3-1-4-10-17-11-5-2-6-12-18-14-15-8-7-13-19-15/h15H,1-8,10-14H2. The van der Waals surface area contributed by atoms with Crippen LogP contribution >= 0.6 is 0 Å². The summed E-state index contributed by atoms with van der Waals surface area (Å²) in [6.07, 6.45) is 8.63. The van der Waals surface area contributed by atoms with Gasteiger partial charge >= 0.3 is 0 Å².